The fourth-order valence-corrected chi connectivity index (χ4v) is 2.96. The van der Waals surface area contributed by atoms with Gasteiger partial charge in [-0.25, -0.2) is 0 Å². The zero-order chi connectivity index (χ0) is 14.8. The van der Waals surface area contributed by atoms with Crippen molar-refractivity contribution >= 4 is 10.9 Å². The van der Waals surface area contributed by atoms with Gasteiger partial charge in [-0.2, -0.15) is 5.26 Å². The van der Waals surface area contributed by atoms with Gasteiger partial charge in [-0.15, -0.1) is 0 Å². The van der Waals surface area contributed by atoms with Crippen LogP contribution in [0.1, 0.15) is 28.2 Å². The molecule has 1 unspecified atom stereocenters. The minimum atomic E-state index is -0.107. The molecule has 2 aromatic carbocycles. The van der Waals surface area contributed by atoms with Crippen LogP contribution in [0.5, 0.6) is 0 Å². The monoisotopic (exact) mass is 274 g/mol. The first kappa shape index (κ1) is 13.5. The average molecular weight is 274 g/mol. The van der Waals surface area contributed by atoms with Gasteiger partial charge in [0.05, 0.1) is 12.0 Å². The standard InChI is InChI=1S/C19H18N2/c1-13-7-8-17(14(2)9-13)15(11-20)10-16-12-21-19-6-4-3-5-18(16)19/h3-9,12,15,21H,10H2,1-2H3. The molecule has 1 N–H and O–H groups in total. The third-order valence-electron chi connectivity index (χ3n) is 4.06. The molecule has 0 amide bonds. The van der Waals surface area contributed by atoms with Crippen molar-refractivity contribution in [1.82, 2.24) is 4.98 Å². The molecule has 1 aromatic heterocycles. The second-order valence-corrected chi connectivity index (χ2v) is 5.61. The topological polar surface area (TPSA) is 39.6 Å². The highest BCUT2D eigenvalue weighted by Crippen LogP contribution is 2.27. The van der Waals surface area contributed by atoms with E-state index in [0.717, 1.165) is 17.5 Å². The molecule has 2 nitrogen and oxygen atoms in total. The van der Waals surface area contributed by atoms with Gasteiger partial charge in [0, 0.05) is 17.1 Å². The van der Waals surface area contributed by atoms with Crippen LogP contribution >= 0.6 is 0 Å². The van der Waals surface area contributed by atoms with Gasteiger partial charge in [-0.05, 0) is 43.0 Å². The molecule has 0 aliphatic heterocycles. The van der Waals surface area contributed by atoms with Gasteiger partial charge < -0.3 is 4.98 Å². The van der Waals surface area contributed by atoms with Gasteiger partial charge in [0.25, 0.3) is 0 Å². The Morgan fingerprint density at radius 1 is 1.14 bits per heavy atom. The summed E-state index contributed by atoms with van der Waals surface area (Å²) < 4.78 is 0. The quantitative estimate of drug-likeness (QED) is 0.742. The molecule has 2 heteroatoms. The maximum absolute atomic E-state index is 9.58. The third-order valence-corrected chi connectivity index (χ3v) is 4.06. The Morgan fingerprint density at radius 2 is 1.95 bits per heavy atom. The molecule has 0 aliphatic carbocycles. The van der Waals surface area contributed by atoms with Crippen LogP contribution in [0.3, 0.4) is 0 Å². The van der Waals surface area contributed by atoms with Crippen molar-refractivity contribution in [2.24, 2.45) is 0 Å². The fourth-order valence-electron chi connectivity index (χ4n) is 2.96. The van der Waals surface area contributed by atoms with Crippen molar-refractivity contribution in [3.05, 3.63) is 70.9 Å². The molecule has 0 saturated carbocycles. The number of rotatable bonds is 3. The minimum Gasteiger partial charge on any atom is -0.361 e. The first-order valence-corrected chi connectivity index (χ1v) is 7.21. The molecule has 0 aliphatic rings. The number of hydrogen-bond donors (Lipinski definition) is 1. The van der Waals surface area contributed by atoms with Crippen LogP contribution < -0.4 is 0 Å². The lowest BCUT2D eigenvalue weighted by molar-refractivity contribution is 0.845. The van der Waals surface area contributed by atoms with E-state index in [1.165, 1.54) is 22.1 Å². The van der Waals surface area contributed by atoms with E-state index in [2.05, 4.69) is 55.2 Å². The molecule has 21 heavy (non-hydrogen) atoms. The average Bonchev–Trinajstić information content (AvgIpc) is 2.89. The Balaban J connectivity index is 1.96. The summed E-state index contributed by atoms with van der Waals surface area (Å²) in [7, 11) is 0. The van der Waals surface area contributed by atoms with Gasteiger partial charge in [-0.1, -0.05) is 42.0 Å². The number of fused-ring (bicyclic) bond motifs is 1. The van der Waals surface area contributed by atoms with Crippen molar-refractivity contribution in [3.8, 4) is 6.07 Å². The van der Waals surface area contributed by atoms with E-state index in [1.807, 2.05) is 18.3 Å². The zero-order valence-electron chi connectivity index (χ0n) is 12.4. The predicted molar refractivity (Wildman–Crippen MR) is 86.3 cm³/mol. The zero-order valence-corrected chi connectivity index (χ0v) is 12.4. The molecule has 104 valence electrons. The molecule has 0 bridgehead atoms. The number of aryl methyl sites for hydroxylation is 2. The van der Waals surface area contributed by atoms with Crippen LogP contribution in [-0.2, 0) is 6.42 Å². The Bertz CT molecular complexity index is 821. The summed E-state index contributed by atoms with van der Waals surface area (Å²) in [6.07, 6.45) is 2.77. The van der Waals surface area contributed by atoms with E-state index in [0.29, 0.717) is 0 Å². The Morgan fingerprint density at radius 3 is 2.71 bits per heavy atom. The second-order valence-electron chi connectivity index (χ2n) is 5.61. The number of aromatic nitrogens is 1. The van der Waals surface area contributed by atoms with Crippen molar-refractivity contribution in [1.29, 1.82) is 5.26 Å². The van der Waals surface area contributed by atoms with E-state index < -0.39 is 0 Å². The van der Waals surface area contributed by atoms with Crippen molar-refractivity contribution < 1.29 is 0 Å². The number of aromatic amines is 1. The van der Waals surface area contributed by atoms with Gasteiger partial charge >= 0.3 is 0 Å². The molecular formula is C19H18N2. The summed E-state index contributed by atoms with van der Waals surface area (Å²) in [6.45, 7) is 4.17. The van der Waals surface area contributed by atoms with Crippen molar-refractivity contribution in [2.45, 2.75) is 26.2 Å². The van der Waals surface area contributed by atoms with E-state index >= 15 is 0 Å². The number of para-hydroxylation sites is 1. The van der Waals surface area contributed by atoms with Crippen LogP contribution in [0.2, 0.25) is 0 Å². The molecule has 3 aromatic rings. The lowest BCUT2D eigenvalue weighted by Crippen LogP contribution is -2.02. The van der Waals surface area contributed by atoms with Gasteiger partial charge in [0.1, 0.15) is 0 Å². The third kappa shape index (κ3) is 2.55. The highest BCUT2D eigenvalue weighted by Gasteiger charge is 2.16. The Labute approximate surface area is 125 Å². The van der Waals surface area contributed by atoms with Crippen LogP contribution in [0, 0.1) is 25.2 Å². The number of nitrogens with one attached hydrogen (secondary N) is 1. The van der Waals surface area contributed by atoms with Crippen molar-refractivity contribution in [3.63, 3.8) is 0 Å². The van der Waals surface area contributed by atoms with E-state index in [9.17, 15) is 5.26 Å². The smallest absolute Gasteiger partial charge is 0.0756 e. The molecule has 0 fully saturated rings. The summed E-state index contributed by atoms with van der Waals surface area (Å²) >= 11 is 0. The summed E-state index contributed by atoms with van der Waals surface area (Å²) in [5.74, 6) is -0.107. The molecule has 1 heterocycles. The summed E-state index contributed by atoms with van der Waals surface area (Å²) in [5, 5.41) is 10.8. The van der Waals surface area contributed by atoms with Crippen LogP contribution in [-0.4, -0.2) is 4.98 Å². The first-order valence-electron chi connectivity index (χ1n) is 7.21. The summed E-state index contributed by atoms with van der Waals surface area (Å²) in [6, 6.07) is 17.0. The number of H-pyrrole nitrogens is 1. The highest BCUT2D eigenvalue weighted by atomic mass is 14.7. The largest absolute Gasteiger partial charge is 0.361 e. The van der Waals surface area contributed by atoms with Gasteiger partial charge in [-0.3, -0.25) is 0 Å². The van der Waals surface area contributed by atoms with Crippen LogP contribution in [0.15, 0.2) is 48.7 Å². The lowest BCUT2D eigenvalue weighted by Gasteiger charge is -2.12. The first-order chi connectivity index (χ1) is 10.2. The summed E-state index contributed by atoms with van der Waals surface area (Å²) in [5.41, 5.74) is 5.90. The number of hydrogen-bond acceptors (Lipinski definition) is 1. The van der Waals surface area contributed by atoms with Gasteiger partial charge in [0.15, 0.2) is 0 Å². The maximum atomic E-state index is 9.58. The SMILES string of the molecule is Cc1ccc(C(C#N)Cc2c[nH]c3ccccc23)c(C)c1. The Hall–Kier alpha value is -2.53. The number of benzene rings is 2. The van der Waals surface area contributed by atoms with E-state index in [1.54, 1.807) is 0 Å². The molecule has 0 radical (unpaired) electrons. The van der Waals surface area contributed by atoms with Gasteiger partial charge in [0.2, 0.25) is 0 Å². The summed E-state index contributed by atoms with van der Waals surface area (Å²) in [4.78, 5) is 3.28. The highest BCUT2D eigenvalue weighted by molar-refractivity contribution is 5.83. The maximum Gasteiger partial charge on any atom is 0.0756 e. The molecule has 0 saturated heterocycles. The predicted octanol–water partition coefficient (Wildman–Crippen LogP) is 4.63. The van der Waals surface area contributed by atoms with E-state index in [-0.39, 0.29) is 5.92 Å². The van der Waals surface area contributed by atoms with Crippen molar-refractivity contribution in [2.75, 3.05) is 0 Å². The normalized spacial score (nSPS) is 12.2. The second kappa shape index (κ2) is 5.46. The molecule has 3 rings (SSSR count). The fraction of sp³-hybridized carbons (Fsp3) is 0.211. The van der Waals surface area contributed by atoms with Crippen LogP contribution in [0.4, 0.5) is 0 Å². The van der Waals surface area contributed by atoms with Crippen LogP contribution in [0.25, 0.3) is 10.9 Å². The lowest BCUT2D eigenvalue weighted by atomic mass is 9.89. The van der Waals surface area contributed by atoms with E-state index in [4.69, 9.17) is 0 Å². The molecule has 0 spiro atoms. The number of nitrogens with zero attached hydrogens (tertiary/aromatic N) is 1. The minimum absolute atomic E-state index is 0.107. The number of nitriles is 1. The Kier molecular flexibility index (Phi) is 3.50. The molecular weight excluding hydrogens is 256 g/mol. The molecule has 1 atom stereocenters.